The van der Waals surface area contributed by atoms with Crippen LogP contribution in [-0.2, 0) is 0 Å². The lowest BCUT2D eigenvalue weighted by molar-refractivity contribution is 0.248. The Kier molecular flexibility index (Phi) is 6.90. The Balaban J connectivity index is 1.36. The zero-order valence-corrected chi connectivity index (χ0v) is 22.0. The molecule has 196 valence electrons. The van der Waals surface area contributed by atoms with E-state index < -0.39 is 0 Å². The molecule has 0 amide bonds. The Hall–Kier alpha value is -4.36. The molecule has 0 atom stereocenters. The van der Waals surface area contributed by atoms with E-state index in [2.05, 4.69) is 49.9 Å². The summed E-state index contributed by atoms with van der Waals surface area (Å²) in [7, 11) is 0. The lowest BCUT2D eigenvalue weighted by atomic mass is 10.0. The first-order valence-corrected chi connectivity index (χ1v) is 13.4. The van der Waals surface area contributed by atoms with Crippen molar-refractivity contribution >= 4 is 27.5 Å². The molecule has 7 heteroatoms. The molecule has 0 bridgehead atoms. The summed E-state index contributed by atoms with van der Waals surface area (Å²) in [5.41, 5.74) is 9.07. The number of hydrogen-bond acceptors (Lipinski definition) is 4. The fraction of sp³-hybridized carbons (Fsp3) is 0.219. The lowest BCUT2D eigenvalue weighted by Gasteiger charge is -2.26. The number of hydrogen-bond donors (Lipinski definition) is 2. The first-order chi connectivity index (χ1) is 19.1. The molecule has 0 radical (unpaired) electrons. The monoisotopic (exact) mass is 518 g/mol. The highest BCUT2D eigenvalue weighted by atomic mass is 19.1. The fourth-order valence-electron chi connectivity index (χ4n) is 5.34. The Bertz CT molecular complexity index is 1700. The number of likely N-dealkylation sites (tertiary alicyclic amines) is 1. The number of H-pyrrole nitrogens is 2. The number of fused-ring (bicyclic) bond motifs is 2. The molecule has 5 aromatic rings. The van der Waals surface area contributed by atoms with Crippen molar-refractivity contribution in [3.8, 4) is 22.5 Å². The molecular weight excluding hydrogens is 487 g/mol. The minimum atomic E-state index is -0.263. The van der Waals surface area contributed by atoms with Gasteiger partial charge in [0.15, 0.2) is 0 Å². The maximum absolute atomic E-state index is 13.5. The van der Waals surface area contributed by atoms with Crippen LogP contribution in [0.25, 0.3) is 50.0 Å². The molecule has 0 saturated carbocycles. The van der Waals surface area contributed by atoms with Crippen LogP contribution in [0.15, 0.2) is 85.2 Å². The minimum Gasteiger partial charge on any atom is -0.352 e. The lowest BCUT2D eigenvalue weighted by Crippen LogP contribution is -2.31. The van der Waals surface area contributed by atoms with Gasteiger partial charge in [0.05, 0.1) is 28.6 Å². The van der Waals surface area contributed by atoms with E-state index in [1.165, 1.54) is 37.0 Å². The molecule has 39 heavy (non-hydrogen) atoms. The number of nitrogens with one attached hydrogen (secondary N) is 2. The second-order valence-corrected chi connectivity index (χ2v) is 10.0. The smallest absolute Gasteiger partial charge is 0.135 e. The summed E-state index contributed by atoms with van der Waals surface area (Å²) in [6.45, 7) is 9.29. The summed E-state index contributed by atoms with van der Waals surface area (Å²) in [6.07, 6.45) is 13.7. The standard InChI is InChI=1S/C32H31FN6/c1-3-21(20-39-14-6-5-7-15-39)16-22(4-2)27-12-13-28-31(36-27)32(38-37-28)29-17-25-26(18-34-19-30(25)35-29)23-8-10-24(33)11-9-23/h3-4,8-13,16-19,35H,1,5-7,14-15,20H2,2H3,(H,37,38)/b21-16+,22-4+. The number of halogens is 1. The fourth-order valence-corrected chi connectivity index (χ4v) is 5.34. The molecule has 6 rings (SSSR count). The summed E-state index contributed by atoms with van der Waals surface area (Å²) < 4.78 is 13.5. The highest BCUT2D eigenvalue weighted by Crippen LogP contribution is 2.33. The van der Waals surface area contributed by atoms with Crippen LogP contribution in [0, 0.1) is 5.82 Å². The van der Waals surface area contributed by atoms with Crippen molar-refractivity contribution < 1.29 is 4.39 Å². The van der Waals surface area contributed by atoms with E-state index in [0.29, 0.717) is 0 Å². The molecule has 2 N–H and O–H groups in total. The highest BCUT2D eigenvalue weighted by molar-refractivity contribution is 6.00. The molecule has 0 aliphatic carbocycles. The zero-order valence-electron chi connectivity index (χ0n) is 22.0. The second-order valence-electron chi connectivity index (χ2n) is 10.0. The maximum Gasteiger partial charge on any atom is 0.135 e. The van der Waals surface area contributed by atoms with Crippen molar-refractivity contribution in [1.29, 1.82) is 0 Å². The Morgan fingerprint density at radius 2 is 1.87 bits per heavy atom. The second kappa shape index (κ2) is 10.8. The number of aromatic nitrogens is 5. The molecule has 0 unspecified atom stereocenters. The Morgan fingerprint density at radius 3 is 2.64 bits per heavy atom. The van der Waals surface area contributed by atoms with Crippen LogP contribution in [0.3, 0.4) is 0 Å². The quantitative estimate of drug-likeness (QED) is 0.222. The predicted octanol–water partition coefficient (Wildman–Crippen LogP) is 7.31. The van der Waals surface area contributed by atoms with Gasteiger partial charge in [-0.2, -0.15) is 5.10 Å². The number of rotatable bonds is 7. The van der Waals surface area contributed by atoms with Crippen LogP contribution in [0.5, 0.6) is 0 Å². The van der Waals surface area contributed by atoms with Crippen LogP contribution in [0.1, 0.15) is 31.9 Å². The van der Waals surface area contributed by atoms with Gasteiger partial charge in [-0.05, 0) is 86.0 Å². The number of benzene rings is 1. The van der Waals surface area contributed by atoms with E-state index in [-0.39, 0.29) is 5.82 Å². The summed E-state index contributed by atoms with van der Waals surface area (Å²) in [4.78, 5) is 15.4. The molecule has 1 aromatic carbocycles. The Morgan fingerprint density at radius 1 is 1.05 bits per heavy atom. The highest BCUT2D eigenvalue weighted by Gasteiger charge is 2.16. The van der Waals surface area contributed by atoms with Crippen molar-refractivity contribution in [2.45, 2.75) is 26.2 Å². The van der Waals surface area contributed by atoms with Crippen LogP contribution in [-0.4, -0.2) is 49.7 Å². The largest absolute Gasteiger partial charge is 0.352 e. The normalized spacial score (nSPS) is 15.3. The predicted molar refractivity (Wildman–Crippen MR) is 157 cm³/mol. The van der Waals surface area contributed by atoms with E-state index in [9.17, 15) is 4.39 Å². The number of pyridine rings is 2. The van der Waals surface area contributed by atoms with E-state index in [0.717, 1.165) is 75.4 Å². The summed E-state index contributed by atoms with van der Waals surface area (Å²) in [6, 6.07) is 12.6. The van der Waals surface area contributed by atoms with Crippen molar-refractivity contribution in [2.24, 2.45) is 0 Å². The van der Waals surface area contributed by atoms with Gasteiger partial charge in [0.25, 0.3) is 0 Å². The van der Waals surface area contributed by atoms with E-state index in [1.54, 1.807) is 24.5 Å². The van der Waals surface area contributed by atoms with Crippen molar-refractivity contribution in [2.75, 3.05) is 19.6 Å². The molecular formula is C32H31FN6. The minimum absolute atomic E-state index is 0.263. The first-order valence-electron chi connectivity index (χ1n) is 13.4. The van der Waals surface area contributed by atoms with Gasteiger partial charge in [-0.3, -0.25) is 15.0 Å². The maximum atomic E-state index is 13.5. The summed E-state index contributed by atoms with van der Waals surface area (Å²) >= 11 is 0. The third-order valence-corrected chi connectivity index (χ3v) is 7.43. The van der Waals surface area contributed by atoms with Gasteiger partial charge in [0, 0.05) is 23.7 Å². The van der Waals surface area contributed by atoms with Gasteiger partial charge >= 0.3 is 0 Å². The average Bonchev–Trinajstić information content (AvgIpc) is 3.60. The van der Waals surface area contributed by atoms with Gasteiger partial charge in [0.2, 0.25) is 0 Å². The zero-order chi connectivity index (χ0) is 26.8. The van der Waals surface area contributed by atoms with Crippen LogP contribution >= 0.6 is 0 Å². The van der Waals surface area contributed by atoms with Crippen LogP contribution in [0.2, 0.25) is 0 Å². The molecule has 4 aromatic heterocycles. The van der Waals surface area contributed by atoms with E-state index >= 15 is 0 Å². The number of allylic oxidation sites excluding steroid dienone is 3. The van der Waals surface area contributed by atoms with Gasteiger partial charge < -0.3 is 4.98 Å². The third kappa shape index (κ3) is 5.05. The van der Waals surface area contributed by atoms with Crippen LogP contribution < -0.4 is 0 Å². The van der Waals surface area contributed by atoms with Crippen molar-refractivity contribution in [3.05, 3.63) is 96.7 Å². The number of aromatic amines is 2. The van der Waals surface area contributed by atoms with E-state index in [4.69, 9.17) is 4.98 Å². The molecule has 0 spiro atoms. The summed E-state index contributed by atoms with van der Waals surface area (Å²) in [5, 5.41) is 8.73. The summed E-state index contributed by atoms with van der Waals surface area (Å²) in [5.74, 6) is -0.263. The molecule has 1 aliphatic rings. The molecule has 1 saturated heterocycles. The SMILES string of the molecule is C=C/C(=C\C(=C/C)c1ccc2[nH]nc(-c3cc4c(-c5ccc(F)cc5)cncc4[nH]3)c2n1)CN1CCCCC1. The van der Waals surface area contributed by atoms with Crippen molar-refractivity contribution in [1.82, 2.24) is 30.0 Å². The average molecular weight is 519 g/mol. The number of nitrogens with zero attached hydrogens (tertiary/aromatic N) is 4. The molecule has 1 aliphatic heterocycles. The molecule has 5 heterocycles. The molecule has 6 nitrogen and oxygen atoms in total. The van der Waals surface area contributed by atoms with Gasteiger partial charge in [-0.25, -0.2) is 9.37 Å². The van der Waals surface area contributed by atoms with Gasteiger partial charge in [-0.1, -0.05) is 37.3 Å². The first kappa shape index (κ1) is 24.9. The third-order valence-electron chi connectivity index (χ3n) is 7.43. The van der Waals surface area contributed by atoms with Crippen molar-refractivity contribution in [3.63, 3.8) is 0 Å². The van der Waals surface area contributed by atoms with Gasteiger partial charge in [0.1, 0.15) is 17.0 Å². The Labute approximate surface area is 227 Å². The number of piperidine rings is 1. The molecule has 1 fully saturated rings. The van der Waals surface area contributed by atoms with E-state index in [1.807, 2.05) is 25.1 Å². The van der Waals surface area contributed by atoms with Gasteiger partial charge in [-0.15, -0.1) is 0 Å². The van der Waals surface area contributed by atoms with Crippen LogP contribution in [0.4, 0.5) is 4.39 Å². The topological polar surface area (TPSA) is 73.5 Å².